The van der Waals surface area contributed by atoms with Crippen LogP contribution in [0.1, 0.15) is 45.7 Å². The second kappa shape index (κ2) is 9.33. The van der Waals surface area contributed by atoms with E-state index in [0.717, 1.165) is 11.1 Å². The molecule has 24 heavy (non-hydrogen) atoms. The molecule has 0 aliphatic heterocycles. The Bertz CT molecular complexity index is 531. The van der Waals surface area contributed by atoms with Crippen LogP contribution in [0.5, 0.6) is 11.5 Å². The van der Waals surface area contributed by atoms with Crippen molar-refractivity contribution in [3.05, 3.63) is 59.7 Å². The number of benzene rings is 2. The molecule has 0 aliphatic carbocycles. The highest BCUT2D eigenvalue weighted by Crippen LogP contribution is 2.32. The third-order valence-electron chi connectivity index (χ3n) is 4.52. The second-order valence-electron chi connectivity index (χ2n) is 6.34. The van der Waals surface area contributed by atoms with Gasteiger partial charge >= 0.3 is 0 Å². The summed E-state index contributed by atoms with van der Waals surface area (Å²) < 4.78 is 0. The van der Waals surface area contributed by atoms with E-state index in [1.54, 1.807) is 24.3 Å². The van der Waals surface area contributed by atoms with Crippen LogP contribution in [-0.2, 0) is 5.41 Å². The number of hydrogen-bond acceptors (Lipinski definition) is 3. The highest BCUT2D eigenvalue weighted by Gasteiger charge is 2.22. The molecule has 132 valence electrons. The molecule has 0 aromatic heterocycles. The van der Waals surface area contributed by atoms with Gasteiger partial charge in [0.2, 0.25) is 0 Å². The van der Waals surface area contributed by atoms with E-state index in [1.165, 1.54) is 19.6 Å². The van der Waals surface area contributed by atoms with Crippen LogP contribution in [0.15, 0.2) is 48.5 Å². The largest absolute Gasteiger partial charge is 0.508 e. The van der Waals surface area contributed by atoms with Gasteiger partial charge in [-0.25, -0.2) is 0 Å². The fourth-order valence-corrected chi connectivity index (χ4v) is 2.59. The first-order chi connectivity index (χ1) is 11.3. The zero-order valence-electron chi connectivity index (χ0n) is 15.6. The molecule has 0 saturated carbocycles. The Kier molecular flexibility index (Phi) is 7.80. The first-order valence-electron chi connectivity index (χ1n) is 8.66. The van der Waals surface area contributed by atoms with Crippen LogP contribution >= 0.6 is 0 Å². The number of hydrogen-bond donors (Lipinski definition) is 2. The zero-order valence-corrected chi connectivity index (χ0v) is 15.6. The maximum atomic E-state index is 9.30. The van der Waals surface area contributed by atoms with Crippen molar-refractivity contribution in [2.45, 2.75) is 40.0 Å². The molecule has 2 aromatic rings. The molecule has 0 saturated heterocycles. The lowest BCUT2D eigenvalue weighted by molar-refractivity contribution is 0.321. The molecule has 0 aliphatic rings. The Balaban J connectivity index is 0.000000351. The summed E-state index contributed by atoms with van der Waals surface area (Å²) >= 11 is 0. The Morgan fingerprint density at radius 2 is 0.958 bits per heavy atom. The summed E-state index contributed by atoms with van der Waals surface area (Å²) in [5.74, 6) is 0.547. The van der Waals surface area contributed by atoms with Gasteiger partial charge in [0.1, 0.15) is 11.5 Å². The Morgan fingerprint density at radius 1 is 0.667 bits per heavy atom. The first kappa shape index (κ1) is 20.0. The van der Waals surface area contributed by atoms with Gasteiger partial charge < -0.3 is 15.1 Å². The monoisotopic (exact) mass is 329 g/mol. The quantitative estimate of drug-likeness (QED) is 0.830. The molecular weight excluding hydrogens is 298 g/mol. The highest BCUT2D eigenvalue weighted by atomic mass is 16.3. The van der Waals surface area contributed by atoms with Crippen molar-refractivity contribution >= 4 is 0 Å². The summed E-state index contributed by atoms with van der Waals surface area (Å²) in [7, 11) is 0. The van der Waals surface area contributed by atoms with Gasteiger partial charge in [-0.1, -0.05) is 58.9 Å². The van der Waals surface area contributed by atoms with Crippen molar-refractivity contribution in [1.29, 1.82) is 0 Å². The van der Waals surface area contributed by atoms with E-state index in [4.69, 9.17) is 0 Å². The van der Waals surface area contributed by atoms with Crippen molar-refractivity contribution in [3.8, 4) is 11.5 Å². The van der Waals surface area contributed by atoms with Gasteiger partial charge in [0, 0.05) is 5.41 Å². The van der Waals surface area contributed by atoms with Gasteiger partial charge in [-0.3, -0.25) is 0 Å². The lowest BCUT2D eigenvalue weighted by atomic mass is 9.78. The number of aromatic hydroxyl groups is 2. The molecule has 0 unspecified atom stereocenters. The highest BCUT2D eigenvalue weighted by molar-refractivity contribution is 5.41. The normalized spacial score (nSPS) is 11.1. The van der Waals surface area contributed by atoms with Crippen molar-refractivity contribution in [2.75, 3.05) is 19.6 Å². The Labute approximate surface area is 146 Å². The number of rotatable bonds is 5. The molecule has 0 atom stereocenters. The van der Waals surface area contributed by atoms with Gasteiger partial charge in [0.15, 0.2) is 0 Å². The van der Waals surface area contributed by atoms with Crippen LogP contribution in [0.4, 0.5) is 0 Å². The van der Waals surface area contributed by atoms with Crippen LogP contribution in [0.25, 0.3) is 0 Å². The summed E-state index contributed by atoms with van der Waals surface area (Å²) in [6.45, 7) is 14.4. The summed E-state index contributed by atoms with van der Waals surface area (Å²) in [5, 5.41) is 18.6. The van der Waals surface area contributed by atoms with E-state index >= 15 is 0 Å². The molecule has 2 aromatic carbocycles. The average Bonchev–Trinajstić information content (AvgIpc) is 2.58. The van der Waals surface area contributed by atoms with Gasteiger partial charge in [0.25, 0.3) is 0 Å². The topological polar surface area (TPSA) is 43.7 Å². The van der Waals surface area contributed by atoms with E-state index in [2.05, 4.69) is 39.5 Å². The molecule has 2 rings (SSSR count). The predicted molar refractivity (Wildman–Crippen MR) is 102 cm³/mol. The van der Waals surface area contributed by atoms with E-state index in [1.807, 2.05) is 24.3 Å². The SMILES string of the molecule is CC(C)(c1ccc(O)cc1)c1ccc(O)cc1.CCN(CC)CC. The maximum absolute atomic E-state index is 9.30. The molecule has 3 nitrogen and oxygen atoms in total. The minimum atomic E-state index is -0.151. The lowest BCUT2D eigenvalue weighted by Gasteiger charge is -2.26. The van der Waals surface area contributed by atoms with E-state index in [9.17, 15) is 10.2 Å². The van der Waals surface area contributed by atoms with Gasteiger partial charge in [-0.05, 0) is 55.0 Å². The third kappa shape index (κ3) is 5.57. The first-order valence-corrected chi connectivity index (χ1v) is 8.66. The molecule has 0 radical (unpaired) electrons. The molecule has 3 heteroatoms. The molecule has 0 spiro atoms. The van der Waals surface area contributed by atoms with E-state index < -0.39 is 0 Å². The molecule has 0 amide bonds. The molecule has 0 heterocycles. The third-order valence-corrected chi connectivity index (χ3v) is 4.52. The molecule has 0 bridgehead atoms. The maximum Gasteiger partial charge on any atom is 0.115 e. The van der Waals surface area contributed by atoms with Crippen LogP contribution < -0.4 is 0 Å². The fraction of sp³-hybridized carbons (Fsp3) is 0.429. The number of nitrogens with zero attached hydrogens (tertiary/aromatic N) is 1. The summed E-state index contributed by atoms with van der Waals surface area (Å²) in [4.78, 5) is 2.38. The van der Waals surface area contributed by atoms with Crippen molar-refractivity contribution < 1.29 is 10.2 Å². The van der Waals surface area contributed by atoms with Gasteiger partial charge in [0.05, 0.1) is 0 Å². The van der Waals surface area contributed by atoms with Crippen molar-refractivity contribution in [1.82, 2.24) is 4.90 Å². The minimum Gasteiger partial charge on any atom is -0.508 e. The van der Waals surface area contributed by atoms with Crippen molar-refractivity contribution in [3.63, 3.8) is 0 Å². The molecule has 0 fully saturated rings. The zero-order chi connectivity index (χ0) is 18.2. The lowest BCUT2D eigenvalue weighted by Crippen LogP contribution is -2.21. The summed E-state index contributed by atoms with van der Waals surface area (Å²) in [5.41, 5.74) is 2.10. The fourth-order valence-electron chi connectivity index (χ4n) is 2.59. The van der Waals surface area contributed by atoms with Gasteiger partial charge in [-0.2, -0.15) is 0 Å². The second-order valence-corrected chi connectivity index (χ2v) is 6.34. The summed E-state index contributed by atoms with van der Waals surface area (Å²) in [6.07, 6.45) is 0. The van der Waals surface area contributed by atoms with Crippen LogP contribution in [0.2, 0.25) is 0 Å². The average molecular weight is 329 g/mol. The summed E-state index contributed by atoms with van der Waals surface area (Å²) in [6, 6.07) is 14.4. The number of phenolic OH excluding ortho intramolecular Hbond substituents is 2. The van der Waals surface area contributed by atoms with Crippen LogP contribution in [0, 0.1) is 0 Å². The minimum absolute atomic E-state index is 0.151. The van der Waals surface area contributed by atoms with Crippen LogP contribution in [0.3, 0.4) is 0 Å². The molecule has 2 N–H and O–H groups in total. The molecular formula is C21H31NO2. The van der Waals surface area contributed by atoms with E-state index in [-0.39, 0.29) is 16.9 Å². The van der Waals surface area contributed by atoms with Crippen molar-refractivity contribution in [2.24, 2.45) is 0 Å². The van der Waals surface area contributed by atoms with E-state index in [0.29, 0.717) is 0 Å². The standard InChI is InChI=1S/C15H16O2.C6H15N/c1-15(2,11-3-7-13(16)8-4-11)12-5-9-14(17)10-6-12;1-4-7(5-2)6-3/h3-10,16-17H,1-2H3;4-6H2,1-3H3. The smallest absolute Gasteiger partial charge is 0.115 e. The van der Waals surface area contributed by atoms with Crippen LogP contribution in [-0.4, -0.2) is 34.7 Å². The number of phenols is 2. The Hall–Kier alpha value is -2.00. The Morgan fingerprint density at radius 3 is 1.17 bits per heavy atom. The predicted octanol–water partition coefficient (Wildman–Crippen LogP) is 4.77. The van der Waals surface area contributed by atoms with Gasteiger partial charge in [-0.15, -0.1) is 0 Å².